The molecule has 0 atom stereocenters. The molecule has 0 saturated carbocycles. The number of piperidine rings is 1. The van der Waals surface area contributed by atoms with Gasteiger partial charge >= 0.3 is 0 Å². The Bertz CT molecular complexity index is 413. The Labute approximate surface area is 111 Å². The molecule has 1 aromatic rings. The average molecular weight is 272 g/mol. The van der Waals surface area contributed by atoms with E-state index in [9.17, 15) is 4.79 Å². The van der Waals surface area contributed by atoms with Crippen LogP contribution in [0.25, 0.3) is 0 Å². The number of halogens is 1. The molecule has 100 valence electrons. The van der Waals surface area contributed by atoms with Crippen LogP contribution in [-0.2, 0) is 11.3 Å². The first-order valence-corrected chi connectivity index (χ1v) is 6.67. The zero-order chi connectivity index (χ0) is 13.0. The lowest BCUT2D eigenvalue weighted by molar-refractivity contribution is 0.0312. The van der Waals surface area contributed by atoms with E-state index in [2.05, 4.69) is 10.4 Å². The second-order valence-corrected chi connectivity index (χ2v) is 4.75. The minimum Gasteiger partial charge on any atom is -0.370 e. The quantitative estimate of drug-likeness (QED) is 0.825. The number of hydrogen-bond acceptors (Lipinski definition) is 4. The van der Waals surface area contributed by atoms with E-state index in [4.69, 9.17) is 16.3 Å². The second kappa shape index (κ2) is 6.31. The number of Topliss-reactive ketones (excluding diaryl/α,β-unsaturated/α-hetero) is 1. The maximum Gasteiger partial charge on any atom is 0.207 e. The van der Waals surface area contributed by atoms with E-state index in [1.807, 2.05) is 6.92 Å². The van der Waals surface area contributed by atoms with Crippen LogP contribution in [0.15, 0.2) is 6.20 Å². The molecule has 1 aliphatic heterocycles. The molecular formula is C12H18ClN3O2. The Morgan fingerprint density at radius 1 is 1.61 bits per heavy atom. The Morgan fingerprint density at radius 2 is 2.33 bits per heavy atom. The van der Waals surface area contributed by atoms with Gasteiger partial charge in [0.25, 0.3) is 0 Å². The summed E-state index contributed by atoms with van der Waals surface area (Å²) in [6.07, 6.45) is 3.58. The highest BCUT2D eigenvalue weighted by molar-refractivity contribution is 6.33. The number of carbonyl (C=O) groups is 1. The maximum atomic E-state index is 12.1. The van der Waals surface area contributed by atoms with Gasteiger partial charge in [0.05, 0.1) is 17.3 Å². The summed E-state index contributed by atoms with van der Waals surface area (Å²) in [7, 11) is 0. The summed E-state index contributed by atoms with van der Waals surface area (Å²) in [6.45, 7) is 4.53. The SMILES string of the molecule is CCn1ncc(Cl)c1C(=O)COC1CCNCC1. The molecule has 0 spiro atoms. The molecule has 6 heteroatoms. The average Bonchev–Trinajstić information content (AvgIpc) is 2.78. The second-order valence-electron chi connectivity index (χ2n) is 4.34. The first-order valence-electron chi connectivity index (χ1n) is 6.29. The van der Waals surface area contributed by atoms with E-state index in [1.54, 1.807) is 4.68 Å². The summed E-state index contributed by atoms with van der Waals surface area (Å²) >= 11 is 5.97. The molecule has 1 fully saturated rings. The molecule has 0 aliphatic carbocycles. The van der Waals surface area contributed by atoms with Crippen LogP contribution in [-0.4, -0.2) is 41.4 Å². The molecule has 0 unspecified atom stereocenters. The number of ketones is 1. The smallest absolute Gasteiger partial charge is 0.207 e. The summed E-state index contributed by atoms with van der Waals surface area (Å²) < 4.78 is 7.24. The number of nitrogens with zero attached hydrogens (tertiary/aromatic N) is 2. The summed E-state index contributed by atoms with van der Waals surface area (Å²) in [6, 6.07) is 0. The van der Waals surface area contributed by atoms with E-state index in [0.717, 1.165) is 25.9 Å². The minimum atomic E-state index is -0.0992. The van der Waals surface area contributed by atoms with Gasteiger partial charge in [-0.1, -0.05) is 11.6 Å². The molecule has 1 saturated heterocycles. The fourth-order valence-electron chi connectivity index (χ4n) is 2.10. The van der Waals surface area contributed by atoms with Crippen LogP contribution in [0.1, 0.15) is 30.3 Å². The van der Waals surface area contributed by atoms with Gasteiger partial charge in [0.1, 0.15) is 12.3 Å². The van der Waals surface area contributed by atoms with Gasteiger partial charge in [-0.25, -0.2) is 0 Å². The third kappa shape index (κ3) is 3.10. The summed E-state index contributed by atoms with van der Waals surface area (Å²) in [5.74, 6) is -0.0992. The third-order valence-electron chi connectivity index (χ3n) is 3.09. The fraction of sp³-hybridized carbons (Fsp3) is 0.667. The third-order valence-corrected chi connectivity index (χ3v) is 3.37. The van der Waals surface area contributed by atoms with Crippen LogP contribution in [0, 0.1) is 0 Å². The molecule has 0 amide bonds. The first-order chi connectivity index (χ1) is 8.72. The molecule has 1 aromatic heterocycles. The van der Waals surface area contributed by atoms with Crippen molar-refractivity contribution in [3.05, 3.63) is 16.9 Å². The highest BCUT2D eigenvalue weighted by Crippen LogP contribution is 2.16. The van der Waals surface area contributed by atoms with Crippen molar-refractivity contribution in [3.8, 4) is 0 Å². The number of ether oxygens (including phenoxy) is 1. The highest BCUT2D eigenvalue weighted by atomic mass is 35.5. The predicted molar refractivity (Wildman–Crippen MR) is 69.1 cm³/mol. The van der Waals surface area contributed by atoms with Crippen molar-refractivity contribution < 1.29 is 9.53 Å². The van der Waals surface area contributed by atoms with E-state index in [1.165, 1.54) is 6.20 Å². The first kappa shape index (κ1) is 13.5. The van der Waals surface area contributed by atoms with Crippen LogP contribution in [0.4, 0.5) is 0 Å². The molecule has 0 bridgehead atoms. The zero-order valence-corrected chi connectivity index (χ0v) is 11.2. The Hall–Kier alpha value is -0.910. The number of nitrogens with one attached hydrogen (secondary N) is 1. The van der Waals surface area contributed by atoms with Crippen LogP contribution < -0.4 is 5.32 Å². The van der Waals surface area contributed by atoms with Crippen molar-refractivity contribution in [2.45, 2.75) is 32.4 Å². The zero-order valence-electron chi connectivity index (χ0n) is 10.5. The molecule has 2 rings (SSSR count). The predicted octanol–water partition coefficient (Wildman–Crippen LogP) is 1.51. The van der Waals surface area contributed by atoms with E-state index in [0.29, 0.717) is 17.3 Å². The molecular weight excluding hydrogens is 254 g/mol. The Balaban J connectivity index is 1.92. The standard InChI is InChI=1S/C12H18ClN3O2/c1-2-16-12(10(13)7-15-16)11(17)8-18-9-3-5-14-6-4-9/h7,9,14H,2-6,8H2,1H3. The van der Waals surface area contributed by atoms with Crippen molar-refractivity contribution in [2.24, 2.45) is 0 Å². The van der Waals surface area contributed by atoms with Crippen LogP contribution in [0.3, 0.4) is 0 Å². The summed E-state index contributed by atoms with van der Waals surface area (Å²) in [4.78, 5) is 12.1. The largest absolute Gasteiger partial charge is 0.370 e. The molecule has 1 N–H and O–H groups in total. The van der Waals surface area contributed by atoms with Gasteiger partial charge in [-0.15, -0.1) is 0 Å². The minimum absolute atomic E-state index is 0.0794. The molecule has 5 nitrogen and oxygen atoms in total. The highest BCUT2D eigenvalue weighted by Gasteiger charge is 2.20. The van der Waals surface area contributed by atoms with Crippen molar-refractivity contribution in [2.75, 3.05) is 19.7 Å². The van der Waals surface area contributed by atoms with Gasteiger partial charge in [0.2, 0.25) is 5.78 Å². The maximum absolute atomic E-state index is 12.1. The van der Waals surface area contributed by atoms with Crippen LogP contribution >= 0.6 is 11.6 Å². The molecule has 18 heavy (non-hydrogen) atoms. The van der Waals surface area contributed by atoms with Crippen molar-refractivity contribution in [3.63, 3.8) is 0 Å². The van der Waals surface area contributed by atoms with Crippen molar-refractivity contribution in [1.29, 1.82) is 0 Å². The van der Waals surface area contributed by atoms with Gasteiger partial charge in [-0.05, 0) is 32.9 Å². The van der Waals surface area contributed by atoms with E-state index in [-0.39, 0.29) is 18.5 Å². The van der Waals surface area contributed by atoms with Gasteiger partial charge in [0, 0.05) is 6.54 Å². The number of aryl methyl sites for hydroxylation is 1. The van der Waals surface area contributed by atoms with Gasteiger partial charge < -0.3 is 10.1 Å². The number of aromatic nitrogens is 2. The summed E-state index contributed by atoms with van der Waals surface area (Å²) in [5, 5.41) is 7.70. The normalized spacial score (nSPS) is 17.0. The number of carbonyl (C=O) groups excluding carboxylic acids is 1. The Morgan fingerprint density at radius 3 is 3.00 bits per heavy atom. The van der Waals surface area contributed by atoms with Crippen molar-refractivity contribution in [1.82, 2.24) is 15.1 Å². The molecule has 0 radical (unpaired) electrons. The van der Waals surface area contributed by atoms with Gasteiger partial charge in [-0.2, -0.15) is 5.10 Å². The van der Waals surface area contributed by atoms with Crippen molar-refractivity contribution >= 4 is 17.4 Å². The number of rotatable bonds is 5. The lowest BCUT2D eigenvalue weighted by atomic mass is 10.1. The Kier molecular flexibility index (Phi) is 4.74. The van der Waals surface area contributed by atoms with Crippen LogP contribution in [0.5, 0.6) is 0 Å². The van der Waals surface area contributed by atoms with Gasteiger partial charge in [-0.3, -0.25) is 9.48 Å². The van der Waals surface area contributed by atoms with Crippen LogP contribution in [0.2, 0.25) is 5.02 Å². The topological polar surface area (TPSA) is 56.2 Å². The number of hydrogen-bond donors (Lipinski definition) is 1. The fourth-order valence-corrected chi connectivity index (χ4v) is 2.35. The lowest BCUT2D eigenvalue weighted by Crippen LogP contribution is -2.33. The van der Waals surface area contributed by atoms with E-state index >= 15 is 0 Å². The lowest BCUT2D eigenvalue weighted by Gasteiger charge is -2.22. The molecule has 1 aliphatic rings. The monoisotopic (exact) mass is 271 g/mol. The molecule has 0 aromatic carbocycles. The summed E-state index contributed by atoms with van der Waals surface area (Å²) in [5.41, 5.74) is 0.452. The van der Waals surface area contributed by atoms with E-state index < -0.39 is 0 Å². The molecule has 2 heterocycles. The van der Waals surface area contributed by atoms with Gasteiger partial charge in [0.15, 0.2) is 0 Å².